The van der Waals surface area contributed by atoms with E-state index in [1.54, 1.807) is 0 Å². The fourth-order valence-electron chi connectivity index (χ4n) is 3.34. The molecule has 1 aliphatic heterocycles. The zero-order valence-electron chi connectivity index (χ0n) is 14.2. The second-order valence-corrected chi connectivity index (χ2v) is 6.85. The Labute approximate surface area is 147 Å². The number of benzene rings is 1. The van der Waals surface area contributed by atoms with Crippen molar-refractivity contribution in [1.29, 1.82) is 0 Å². The molecule has 1 atom stereocenters. The van der Waals surface area contributed by atoms with Gasteiger partial charge in [0.2, 0.25) is 0 Å². The van der Waals surface area contributed by atoms with Gasteiger partial charge in [0.25, 0.3) is 0 Å². The Hall–Kier alpha value is -2.01. The minimum atomic E-state index is -0.0331. The summed E-state index contributed by atoms with van der Waals surface area (Å²) < 4.78 is 5.20. The molecule has 2 aromatic rings. The van der Waals surface area contributed by atoms with Crippen LogP contribution in [-0.2, 0) is 13.0 Å². The number of rotatable bonds is 3. The SMILES string of the molecule is Cc1noc(C)c1[C@H](C)CNC(=O)N1CCc2cc(Cl)ccc2C1. The first-order chi connectivity index (χ1) is 11.5. The Bertz CT molecular complexity index is 737. The van der Waals surface area contributed by atoms with Gasteiger partial charge in [-0.2, -0.15) is 0 Å². The molecule has 1 N–H and O–H groups in total. The highest BCUT2D eigenvalue weighted by Gasteiger charge is 2.22. The molecule has 6 heteroatoms. The summed E-state index contributed by atoms with van der Waals surface area (Å²) in [6, 6.07) is 5.84. The number of carbonyl (C=O) groups excluding carboxylic acids is 1. The van der Waals surface area contributed by atoms with Crippen LogP contribution in [0.5, 0.6) is 0 Å². The van der Waals surface area contributed by atoms with E-state index in [1.807, 2.05) is 36.9 Å². The van der Waals surface area contributed by atoms with Crippen LogP contribution in [0.25, 0.3) is 0 Å². The van der Waals surface area contributed by atoms with E-state index in [1.165, 1.54) is 11.1 Å². The monoisotopic (exact) mass is 347 g/mol. The zero-order valence-corrected chi connectivity index (χ0v) is 15.0. The summed E-state index contributed by atoms with van der Waals surface area (Å²) in [6.07, 6.45) is 0.836. The fourth-order valence-corrected chi connectivity index (χ4v) is 3.54. The normalized spacial score (nSPS) is 15.1. The summed E-state index contributed by atoms with van der Waals surface area (Å²) in [5.41, 5.74) is 4.36. The van der Waals surface area contributed by atoms with Crippen molar-refractivity contribution in [2.24, 2.45) is 0 Å². The van der Waals surface area contributed by atoms with E-state index >= 15 is 0 Å². The van der Waals surface area contributed by atoms with Gasteiger partial charge < -0.3 is 14.7 Å². The van der Waals surface area contributed by atoms with Crippen molar-refractivity contribution in [3.05, 3.63) is 51.4 Å². The average Bonchev–Trinajstić information content (AvgIpc) is 2.90. The van der Waals surface area contributed by atoms with E-state index in [4.69, 9.17) is 16.1 Å². The maximum atomic E-state index is 12.5. The van der Waals surface area contributed by atoms with E-state index in [0.717, 1.165) is 28.5 Å². The molecule has 0 unspecified atom stereocenters. The Morgan fingerprint density at radius 1 is 1.42 bits per heavy atom. The first-order valence-corrected chi connectivity index (χ1v) is 8.56. The molecule has 0 spiro atoms. The van der Waals surface area contributed by atoms with Crippen molar-refractivity contribution in [3.8, 4) is 0 Å². The molecule has 24 heavy (non-hydrogen) atoms. The number of hydrogen-bond donors (Lipinski definition) is 1. The third-order valence-electron chi connectivity index (χ3n) is 4.61. The Morgan fingerprint density at radius 3 is 2.92 bits per heavy atom. The highest BCUT2D eigenvalue weighted by molar-refractivity contribution is 6.30. The number of aryl methyl sites for hydroxylation is 2. The van der Waals surface area contributed by atoms with Crippen molar-refractivity contribution in [2.45, 2.75) is 39.7 Å². The van der Waals surface area contributed by atoms with Crippen molar-refractivity contribution in [2.75, 3.05) is 13.1 Å². The van der Waals surface area contributed by atoms with Gasteiger partial charge in [0.15, 0.2) is 0 Å². The average molecular weight is 348 g/mol. The lowest BCUT2D eigenvalue weighted by Gasteiger charge is -2.29. The molecule has 3 rings (SSSR count). The summed E-state index contributed by atoms with van der Waals surface area (Å²) in [7, 11) is 0. The van der Waals surface area contributed by atoms with E-state index in [2.05, 4.69) is 17.4 Å². The quantitative estimate of drug-likeness (QED) is 0.918. The van der Waals surface area contributed by atoms with Crippen LogP contribution in [0.15, 0.2) is 22.7 Å². The molecule has 0 saturated heterocycles. The van der Waals surface area contributed by atoms with Crippen LogP contribution in [0.4, 0.5) is 4.79 Å². The maximum absolute atomic E-state index is 12.5. The predicted octanol–water partition coefficient (Wildman–Crippen LogP) is 3.82. The molecule has 0 fully saturated rings. The number of nitrogens with one attached hydrogen (secondary N) is 1. The fraction of sp³-hybridized carbons (Fsp3) is 0.444. The number of carbonyl (C=O) groups is 1. The summed E-state index contributed by atoms with van der Waals surface area (Å²) in [5, 5.41) is 7.76. The lowest BCUT2D eigenvalue weighted by Crippen LogP contribution is -2.43. The number of amides is 2. The summed E-state index contributed by atoms with van der Waals surface area (Å²) in [5.74, 6) is 0.981. The van der Waals surface area contributed by atoms with Gasteiger partial charge in [-0.15, -0.1) is 0 Å². The van der Waals surface area contributed by atoms with Crippen LogP contribution in [0.1, 0.15) is 41.0 Å². The number of fused-ring (bicyclic) bond motifs is 1. The van der Waals surface area contributed by atoms with E-state index in [0.29, 0.717) is 19.6 Å². The van der Waals surface area contributed by atoms with E-state index < -0.39 is 0 Å². The largest absolute Gasteiger partial charge is 0.361 e. The molecule has 0 aliphatic carbocycles. The number of urea groups is 1. The van der Waals surface area contributed by atoms with Gasteiger partial charge in [0.1, 0.15) is 5.76 Å². The number of nitrogens with zero attached hydrogens (tertiary/aromatic N) is 2. The molecule has 0 radical (unpaired) electrons. The Morgan fingerprint density at radius 2 is 2.21 bits per heavy atom. The van der Waals surface area contributed by atoms with Gasteiger partial charge in [-0.25, -0.2) is 4.79 Å². The molecule has 5 nitrogen and oxygen atoms in total. The predicted molar refractivity (Wildman–Crippen MR) is 93.4 cm³/mol. The molecule has 2 amide bonds. The number of hydrogen-bond acceptors (Lipinski definition) is 3. The summed E-state index contributed by atoms with van der Waals surface area (Å²) in [6.45, 7) is 7.79. The summed E-state index contributed by atoms with van der Waals surface area (Å²) >= 11 is 6.03. The van der Waals surface area contributed by atoms with Crippen LogP contribution in [-0.4, -0.2) is 29.2 Å². The lowest BCUT2D eigenvalue weighted by molar-refractivity contribution is 0.192. The van der Waals surface area contributed by atoms with E-state index in [9.17, 15) is 4.79 Å². The zero-order chi connectivity index (χ0) is 17.3. The van der Waals surface area contributed by atoms with Crippen molar-refractivity contribution < 1.29 is 9.32 Å². The van der Waals surface area contributed by atoms with Crippen LogP contribution < -0.4 is 5.32 Å². The van der Waals surface area contributed by atoms with Crippen molar-refractivity contribution in [1.82, 2.24) is 15.4 Å². The van der Waals surface area contributed by atoms with Crippen molar-refractivity contribution in [3.63, 3.8) is 0 Å². The second-order valence-electron chi connectivity index (χ2n) is 6.41. The molecule has 2 heterocycles. The van der Waals surface area contributed by atoms with Crippen LogP contribution >= 0.6 is 11.6 Å². The molecule has 0 saturated carbocycles. The smallest absolute Gasteiger partial charge is 0.317 e. The van der Waals surface area contributed by atoms with Gasteiger partial charge in [0, 0.05) is 36.1 Å². The summed E-state index contributed by atoms with van der Waals surface area (Å²) in [4.78, 5) is 14.3. The molecular formula is C18H22ClN3O2. The lowest BCUT2D eigenvalue weighted by atomic mass is 9.99. The third kappa shape index (κ3) is 3.41. The molecular weight excluding hydrogens is 326 g/mol. The highest BCUT2D eigenvalue weighted by atomic mass is 35.5. The Balaban J connectivity index is 1.59. The van der Waals surface area contributed by atoms with Crippen LogP contribution in [0.2, 0.25) is 5.02 Å². The molecule has 1 aromatic carbocycles. The minimum absolute atomic E-state index is 0.0331. The van der Waals surface area contributed by atoms with Gasteiger partial charge in [-0.3, -0.25) is 0 Å². The van der Waals surface area contributed by atoms with Gasteiger partial charge in [0.05, 0.1) is 5.69 Å². The number of halogens is 1. The number of aromatic nitrogens is 1. The second kappa shape index (κ2) is 6.85. The minimum Gasteiger partial charge on any atom is -0.361 e. The van der Waals surface area contributed by atoms with Crippen LogP contribution in [0.3, 0.4) is 0 Å². The maximum Gasteiger partial charge on any atom is 0.317 e. The van der Waals surface area contributed by atoms with Crippen LogP contribution in [0, 0.1) is 13.8 Å². The van der Waals surface area contributed by atoms with Gasteiger partial charge in [-0.05, 0) is 43.5 Å². The molecule has 0 bridgehead atoms. The molecule has 1 aromatic heterocycles. The Kier molecular flexibility index (Phi) is 4.81. The standard InChI is InChI=1S/C18H22ClN3O2/c1-11(17-12(2)21-24-13(17)3)9-20-18(23)22-7-6-14-8-16(19)5-4-15(14)10-22/h4-5,8,11H,6-7,9-10H2,1-3H3,(H,20,23)/t11-/m1/s1. The highest BCUT2D eigenvalue weighted by Crippen LogP contribution is 2.24. The molecule has 128 valence electrons. The van der Waals surface area contributed by atoms with Gasteiger partial charge >= 0.3 is 6.03 Å². The third-order valence-corrected chi connectivity index (χ3v) is 4.84. The first kappa shape index (κ1) is 16.8. The first-order valence-electron chi connectivity index (χ1n) is 8.18. The van der Waals surface area contributed by atoms with Crippen molar-refractivity contribution >= 4 is 17.6 Å². The molecule has 1 aliphatic rings. The van der Waals surface area contributed by atoms with Gasteiger partial charge in [-0.1, -0.05) is 29.7 Å². The van der Waals surface area contributed by atoms with E-state index in [-0.39, 0.29) is 11.9 Å². The topological polar surface area (TPSA) is 58.4 Å².